The van der Waals surface area contributed by atoms with E-state index in [9.17, 15) is 9.59 Å². The van der Waals surface area contributed by atoms with Gasteiger partial charge in [-0.3, -0.25) is 9.59 Å². The highest BCUT2D eigenvalue weighted by Crippen LogP contribution is 2.17. The summed E-state index contributed by atoms with van der Waals surface area (Å²) < 4.78 is 0. The van der Waals surface area contributed by atoms with Crippen LogP contribution in [0, 0.1) is 6.92 Å². The average molecular weight is 339 g/mol. The fourth-order valence-corrected chi connectivity index (χ4v) is 2.46. The molecule has 0 heterocycles. The lowest BCUT2D eigenvalue weighted by Crippen LogP contribution is -2.40. The molecule has 0 aliphatic carbocycles. The monoisotopic (exact) mass is 339 g/mol. The van der Waals surface area contributed by atoms with Crippen molar-refractivity contribution in [2.24, 2.45) is 5.73 Å². The van der Waals surface area contributed by atoms with Gasteiger partial charge in [0.2, 0.25) is 5.91 Å². The zero-order valence-corrected chi connectivity index (χ0v) is 14.7. The highest BCUT2D eigenvalue weighted by atomic mass is 16.2. The van der Waals surface area contributed by atoms with Crippen LogP contribution in [0.1, 0.15) is 40.9 Å². The van der Waals surface area contributed by atoms with Gasteiger partial charge in [-0.15, -0.1) is 0 Å². The highest BCUT2D eigenvalue weighted by molar-refractivity contribution is 5.94. The van der Waals surface area contributed by atoms with Crippen molar-refractivity contribution in [3.63, 3.8) is 0 Å². The van der Waals surface area contributed by atoms with Gasteiger partial charge in [-0.25, -0.2) is 0 Å². The van der Waals surface area contributed by atoms with Crippen LogP contribution in [0.2, 0.25) is 0 Å². The molecule has 0 bridgehead atoms. The summed E-state index contributed by atoms with van der Waals surface area (Å²) in [6.07, 6.45) is 0.159. The third-order valence-electron chi connectivity index (χ3n) is 3.97. The van der Waals surface area contributed by atoms with Gasteiger partial charge in [-0.2, -0.15) is 0 Å². The maximum atomic E-state index is 12.5. The summed E-state index contributed by atoms with van der Waals surface area (Å²) in [5.74, 6) is -0.343. The van der Waals surface area contributed by atoms with E-state index in [2.05, 4.69) is 10.6 Å². The van der Waals surface area contributed by atoms with Gasteiger partial charge < -0.3 is 16.4 Å². The summed E-state index contributed by atoms with van der Waals surface area (Å²) in [6, 6.07) is 16.3. The Morgan fingerprint density at radius 2 is 1.64 bits per heavy atom. The Labute approximate surface area is 148 Å². The number of hydrogen-bond acceptors (Lipinski definition) is 3. The molecule has 0 aliphatic heterocycles. The van der Waals surface area contributed by atoms with E-state index in [1.165, 1.54) is 0 Å². The Morgan fingerprint density at radius 1 is 1.00 bits per heavy atom. The van der Waals surface area contributed by atoms with Gasteiger partial charge in [-0.05, 0) is 31.5 Å². The first-order valence-corrected chi connectivity index (χ1v) is 8.41. The number of nitrogens with one attached hydrogen (secondary N) is 2. The van der Waals surface area contributed by atoms with Crippen LogP contribution < -0.4 is 16.4 Å². The first-order valence-electron chi connectivity index (χ1n) is 8.41. The molecule has 2 aromatic carbocycles. The largest absolute Gasteiger partial charge is 0.352 e. The van der Waals surface area contributed by atoms with Crippen LogP contribution >= 0.6 is 0 Å². The lowest BCUT2D eigenvalue weighted by atomic mass is 10.0. The number of nitrogens with two attached hydrogens (primary N) is 1. The SMILES string of the molecule is Cc1ccc(C(=O)NC(CC(=O)N[C@@H](C)CN)c2ccccc2)cc1. The number of carbonyl (C=O) groups excluding carboxylic acids is 2. The van der Waals surface area contributed by atoms with Crippen LogP contribution in [0.25, 0.3) is 0 Å². The smallest absolute Gasteiger partial charge is 0.251 e. The molecule has 0 radical (unpaired) electrons. The van der Waals surface area contributed by atoms with Gasteiger partial charge in [0.05, 0.1) is 12.5 Å². The van der Waals surface area contributed by atoms with Crippen molar-refractivity contribution in [1.82, 2.24) is 10.6 Å². The minimum Gasteiger partial charge on any atom is -0.352 e. The molecule has 25 heavy (non-hydrogen) atoms. The van der Waals surface area contributed by atoms with Crippen LogP contribution in [0.5, 0.6) is 0 Å². The minimum absolute atomic E-state index is 0.100. The Morgan fingerprint density at radius 3 is 2.24 bits per heavy atom. The average Bonchev–Trinajstić information content (AvgIpc) is 2.62. The number of aryl methyl sites for hydroxylation is 1. The van der Waals surface area contributed by atoms with Crippen LogP contribution in [-0.2, 0) is 4.79 Å². The van der Waals surface area contributed by atoms with Crippen molar-refractivity contribution in [3.8, 4) is 0 Å². The second-order valence-electron chi connectivity index (χ2n) is 6.21. The fourth-order valence-electron chi connectivity index (χ4n) is 2.46. The van der Waals surface area contributed by atoms with Crippen molar-refractivity contribution in [2.45, 2.75) is 32.4 Å². The van der Waals surface area contributed by atoms with E-state index in [0.717, 1.165) is 11.1 Å². The minimum atomic E-state index is -0.403. The summed E-state index contributed by atoms with van der Waals surface area (Å²) in [7, 11) is 0. The molecule has 2 atom stereocenters. The van der Waals surface area contributed by atoms with E-state index in [1.54, 1.807) is 12.1 Å². The predicted molar refractivity (Wildman–Crippen MR) is 99.1 cm³/mol. The number of carbonyl (C=O) groups is 2. The van der Waals surface area contributed by atoms with E-state index >= 15 is 0 Å². The Hall–Kier alpha value is -2.66. The third kappa shape index (κ3) is 5.72. The second kappa shape index (κ2) is 8.99. The second-order valence-corrected chi connectivity index (χ2v) is 6.21. The van der Waals surface area contributed by atoms with E-state index in [4.69, 9.17) is 5.73 Å². The van der Waals surface area contributed by atoms with Gasteiger partial charge in [-0.1, -0.05) is 48.0 Å². The molecule has 1 unspecified atom stereocenters. The molecule has 5 heteroatoms. The van der Waals surface area contributed by atoms with E-state index in [-0.39, 0.29) is 24.3 Å². The molecule has 5 nitrogen and oxygen atoms in total. The molecule has 0 saturated heterocycles. The maximum absolute atomic E-state index is 12.5. The number of amides is 2. The zero-order chi connectivity index (χ0) is 18.2. The van der Waals surface area contributed by atoms with Gasteiger partial charge in [0.25, 0.3) is 5.91 Å². The lowest BCUT2D eigenvalue weighted by Gasteiger charge is -2.20. The lowest BCUT2D eigenvalue weighted by molar-refractivity contribution is -0.122. The Kier molecular flexibility index (Phi) is 6.71. The molecule has 0 aromatic heterocycles. The van der Waals surface area contributed by atoms with E-state index in [1.807, 2.05) is 56.3 Å². The van der Waals surface area contributed by atoms with Crippen LogP contribution in [0.15, 0.2) is 54.6 Å². The van der Waals surface area contributed by atoms with Crippen LogP contribution in [0.3, 0.4) is 0 Å². The summed E-state index contributed by atoms with van der Waals surface area (Å²) in [5, 5.41) is 5.80. The van der Waals surface area contributed by atoms with Crippen molar-refractivity contribution in [3.05, 3.63) is 71.3 Å². The molecule has 0 spiro atoms. The molecule has 2 rings (SSSR count). The molecule has 0 fully saturated rings. The van der Waals surface area contributed by atoms with E-state index < -0.39 is 6.04 Å². The zero-order valence-electron chi connectivity index (χ0n) is 14.7. The number of hydrogen-bond donors (Lipinski definition) is 3. The van der Waals surface area contributed by atoms with Crippen LogP contribution in [-0.4, -0.2) is 24.4 Å². The first kappa shape index (κ1) is 18.7. The summed E-state index contributed by atoms with van der Waals surface area (Å²) in [5.41, 5.74) is 8.09. The molecule has 2 amide bonds. The predicted octanol–water partition coefficient (Wildman–Crippen LogP) is 2.32. The molecule has 0 saturated carbocycles. The molecular weight excluding hydrogens is 314 g/mol. The highest BCUT2D eigenvalue weighted by Gasteiger charge is 2.19. The van der Waals surface area contributed by atoms with E-state index in [0.29, 0.717) is 12.1 Å². The molecule has 0 aliphatic rings. The van der Waals surface area contributed by atoms with Crippen molar-refractivity contribution >= 4 is 11.8 Å². The van der Waals surface area contributed by atoms with Crippen molar-refractivity contribution in [2.75, 3.05) is 6.54 Å². The molecule has 132 valence electrons. The summed E-state index contributed by atoms with van der Waals surface area (Å²) in [4.78, 5) is 24.8. The van der Waals surface area contributed by atoms with Crippen LogP contribution in [0.4, 0.5) is 0 Å². The maximum Gasteiger partial charge on any atom is 0.251 e. The first-order chi connectivity index (χ1) is 12.0. The summed E-state index contributed by atoms with van der Waals surface area (Å²) in [6.45, 7) is 4.19. The van der Waals surface area contributed by atoms with Gasteiger partial charge >= 0.3 is 0 Å². The Bertz CT molecular complexity index is 699. The van der Waals surface area contributed by atoms with Crippen molar-refractivity contribution < 1.29 is 9.59 Å². The quantitative estimate of drug-likeness (QED) is 0.724. The normalized spacial score (nSPS) is 12.9. The number of benzene rings is 2. The molecule has 4 N–H and O–H groups in total. The summed E-state index contributed by atoms with van der Waals surface area (Å²) >= 11 is 0. The van der Waals surface area contributed by atoms with Gasteiger partial charge in [0.1, 0.15) is 0 Å². The van der Waals surface area contributed by atoms with Gasteiger partial charge in [0, 0.05) is 18.2 Å². The topological polar surface area (TPSA) is 84.2 Å². The number of rotatable bonds is 7. The molecule has 2 aromatic rings. The third-order valence-corrected chi connectivity index (χ3v) is 3.97. The van der Waals surface area contributed by atoms with Crippen molar-refractivity contribution in [1.29, 1.82) is 0 Å². The standard InChI is InChI=1S/C20H25N3O2/c1-14-8-10-17(11-9-14)20(25)23-18(16-6-4-3-5-7-16)12-19(24)22-15(2)13-21/h3-11,15,18H,12-13,21H2,1-2H3,(H,22,24)(H,23,25)/t15-,18?/m0/s1. The Balaban J connectivity index is 2.13. The van der Waals surface area contributed by atoms with Gasteiger partial charge in [0.15, 0.2) is 0 Å². The molecular formula is C20H25N3O2. The fraction of sp³-hybridized carbons (Fsp3) is 0.300.